The summed E-state index contributed by atoms with van der Waals surface area (Å²) in [6.07, 6.45) is 8.12. The van der Waals surface area contributed by atoms with Crippen LogP contribution in [0.15, 0.2) is 30.3 Å². The van der Waals surface area contributed by atoms with E-state index in [1.54, 1.807) is 45.0 Å². The number of hydrogen-bond donors (Lipinski definition) is 4. The molecule has 1 aliphatic heterocycles. The molecule has 3 unspecified atom stereocenters. The second kappa shape index (κ2) is 17.7. The molecule has 1 saturated heterocycles. The number of rotatable bonds is 14. The van der Waals surface area contributed by atoms with Gasteiger partial charge in [0, 0.05) is 12.1 Å². The van der Waals surface area contributed by atoms with Crippen molar-refractivity contribution in [1.29, 1.82) is 0 Å². The first-order valence-electron chi connectivity index (χ1n) is 16.3. The van der Waals surface area contributed by atoms with Crippen molar-refractivity contribution in [2.24, 2.45) is 17.1 Å². The Morgan fingerprint density at radius 1 is 0.933 bits per heavy atom. The van der Waals surface area contributed by atoms with Crippen LogP contribution in [0.5, 0.6) is 0 Å². The van der Waals surface area contributed by atoms with E-state index in [9.17, 15) is 28.8 Å². The molecule has 5 N–H and O–H groups in total. The number of urea groups is 1. The molecule has 0 aromatic heterocycles. The highest BCUT2D eigenvalue weighted by molar-refractivity contribution is 6.37. The van der Waals surface area contributed by atoms with E-state index >= 15 is 0 Å². The second-order valence-electron chi connectivity index (χ2n) is 13.4. The van der Waals surface area contributed by atoms with Crippen LogP contribution in [0.4, 0.5) is 4.79 Å². The Morgan fingerprint density at radius 3 is 2.09 bits per heavy atom. The molecule has 1 aromatic carbocycles. The van der Waals surface area contributed by atoms with Gasteiger partial charge in [-0.2, -0.15) is 0 Å². The molecule has 0 spiro atoms. The van der Waals surface area contributed by atoms with E-state index in [1.807, 2.05) is 6.07 Å². The molecule has 3 rings (SSSR count). The Bertz CT molecular complexity index is 1180. The van der Waals surface area contributed by atoms with Crippen molar-refractivity contribution in [1.82, 2.24) is 20.9 Å². The van der Waals surface area contributed by atoms with Crippen LogP contribution in [-0.4, -0.2) is 70.9 Å². The minimum Gasteiger partial charge on any atom is -0.363 e. The Balaban J connectivity index is 0.00000162. The average Bonchev–Trinajstić information content (AvgIpc) is 3.61. The van der Waals surface area contributed by atoms with Crippen LogP contribution < -0.4 is 21.7 Å². The molecule has 4 atom stereocenters. The van der Waals surface area contributed by atoms with Crippen molar-refractivity contribution in [2.45, 2.75) is 123 Å². The van der Waals surface area contributed by atoms with Gasteiger partial charge in [-0.25, -0.2) is 4.79 Å². The Hall–Kier alpha value is -3.76. The maximum Gasteiger partial charge on any atom is 0.316 e. The normalized spacial score (nSPS) is 18.0. The summed E-state index contributed by atoms with van der Waals surface area (Å²) >= 11 is 0. The minimum atomic E-state index is -1.16. The molecule has 45 heavy (non-hydrogen) atoms. The van der Waals surface area contributed by atoms with Crippen molar-refractivity contribution in [3.05, 3.63) is 35.9 Å². The summed E-state index contributed by atoms with van der Waals surface area (Å²) in [6.45, 7) is 11.4. The summed E-state index contributed by atoms with van der Waals surface area (Å²) in [6, 6.07) is 4.34. The van der Waals surface area contributed by atoms with Gasteiger partial charge in [0.25, 0.3) is 5.91 Å². The molecular weight excluding hydrogens is 574 g/mol. The summed E-state index contributed by atoms with van der Waals surface area (Å²) in [4.78, 5) is 77.6. The molecule has 5 amide bonds. The number of likely N-dealkylation sites (tertiary alicyclic amines) is 1. The molecule has 1 aromatic rings. The number of ketones is 2. The van der Waals surface area contributed by atoms with Crippen LogP contribution in [0.1, 0.15) is 110 Å². The van der Waals surface area contributed by atoms with E-state index in [0.717, 1.165) is 31.6 Å². The van der Waals surface area contributed by atoms with E-state index in [-0.39, 0.29) is 12.3 Å². The fourth-order valence-electron chi connectivity index (χ4n) is 5.05. The predicted octanol–water partition coefficient (Wildman–Crippen LogP) is 3.89. The number of nitrogens with two attached hydrogens (primary N) is 1. The van der Waals surface area contributed by atoms with Crippen molar-refractivity contribution in [2.75, 3.05) is 6.54 Å². The van der Waals surface area contributed by atoms with E-state index in [4.69, 9.17) is 5.73 Å². The van der Waals surface area contributed by atoms with E-state index < -0.39 is 59.1 Å². The van der Waals surface area contributed by atoms with Gasteiger partial charge in [0.2, 0.25) is 17.6 Å². The lowest BCUT2D eigenvalue weighted by atomic mass is 9.85. The van der Waals surface area contributed by atoms with Gasteiger partial charge >= 0.3 is 6.03 Å². The highest BCUT2D eigenvalue weighted by atomic mass is 16.2. The number of primary amides is 1. The first-order chi connectivity index (χ1) is 21.2. The highest BCUT2D eigenvalue weighted by Crippen LogP contribution is 2.27. The molecule has 2 fully saturated rings. The van der Waals surface area contributed by atoms with Gasteiger partial charge in [0.1, 0.15) is 12.1 Å². The van der Waals surface area contributed by atoms with Gasteiger partial charge < -0.3 is 26.6 Å². The van der Waals surface area contributed by atoms with Crippen LogP contribution in [0.2, 0.25) is 0 Å². The third-order valence-electron chi connectivity index (χ3n) is 8.11. The Labute approximate surface area is 267 Å². The molecule has 11 nitrogen and oxygen atoms in total. The van der Waals surface area contributed by atoms with Gasteiger partial charge in [0.05, 0.1) is 12.1 Å². The number of unbranched alkanes of at least 4 members (excludes halogenated alkanes) is 3. The fourth-order valence-corrected chi connectivity index (χ4v) is 5.05. The number of benzene rings is 1. The predicted molar refractivity (Wildman–Crippen MR) is 173 cm³/mol. The first kappa shape index (κ1) is 37.4. The number of nitrogens with one attached hydrogen (secondary N) is 3. The maximum atomic E-state index is 13.8. The number of amides is 5. The number of nitrogens with zero attached hydrogens (tertiary/aromatic N) is 1. The monoisotopic (exact) mass is 627 g/mol. The maximum absolute atomic E-state index is 13.8. The number of carbonyl (C=O) groups is 6. The standard InChI is InChI=1S/C30H45N5O6.C4H8/c1-6-7-8-12-16-21(24(37)20-14-10-9-11-15-20)33-29(41)34-25(30(3,4)5)28(40)35-18-13-17-22(35)27(39)32-19(2)23(36)26(31)38;1-4-2-3-4/h9-11,14-15,19,21-22,25H,6-8,12-13,16-18H2,1-5H3,(H2,31,38)(H,32,39)(H2,33,34,41);4H,2-3H2,1H3/t19?,21?,22-,25?;/m0./s1. The van der Waals surface area contributed by atoms with Gasteiger partial charge in [-0.3, -0.25) is 24.0 Å². The lowest BCUT2D eigenvalue weighted by molar-refractivity contribution is -0.143. The van der Waals surface area contributed by atoms with Crippen LogP contribution in [-0.2, 0) is 19.2 Å². The smallest absolute Gasteiger partial charge is 0.316 e. The molecule has 2 aliphatic rings. The molecule has 11 heteroatoms. The fraction of sp³-hybridized carbons (Fsp3) is 0.647. The van der Waals surface area contributed by atoms with Gasteiger partial charge in [-0.15, -0.1) is 0 Å². The summed E-state index contributed by atoms with van der Waals surface area (Å²) in [5.74, 6) is -2.24. The topological polar surface area (TPSA) is 168 Å². The van der Waals surface area contributed by atoms with Crippen molar-refractivity contribution >= 4 is 35.3 Å². The Kier molecular flexibility index (Phi) is 14.7. The highest BCUT2D eigenvalue weighted by Gasteiger charge is 2.42. The van der Waals surface area contributed by atoms with E-state index in [1.165, 1.54) is 24.7 Å². The lowest BCUT2D eigenvalue weighted by Crippen LogP contribution is -2.60. The molecule has 1 heterocycles. The van der Waals surface area contributed by atoms with Crippen molar-refractivity contribution in [3.8, 4) is 0 Å². The van der Waals surface area contributed by atoms with Crippen LogP contribution >= 0.6 is 0 Å². The second-order valence-corrected chi connectivity index (χ2v) is 13.4. The minimum absolute atomic E-state index is 0.202. The van der Waals surface area contributed by atoms with Gasteiger partial charge in [-0.1, -0.05) is 103 Å². The molecule has 1 aliphatic carbocycles. The van der Waals surface area contributed by atoms with Crippen molar-refractivity contribution < 1.29 is 28.8 Å². The Morgan fingerprint density at radius 2 is 1.56 bits per heavy atom. The third kappa shape index (κ3) is 12.3. The summed E-state index contributed by atoms with van der Waals surface area (Å²) in [7, 11) is 0. The zero-order valence-electron chi connectivity index (χ0n) is 27.8. The molecule has 1 saturated carbocycles. The van der Waals surface area contributed by atoms with Gasteiger partial charge in [0.15, 0.2) is 5.78 Å². The van der Waals surface area contributed by atoms with E-state index in [2.05, 4.69) is 29.8 Å². The van der Waals surface area contributed by atoms with E-state index in [0.29, 0.717) is 24.8 Å². The lowest BCUT2D eigenvalue weighted by Gasteiger charge is -2.35. The first-order valence-corrected chi connectivity index (χ1v) is 16.3. The summed E-state index contributed by atoms with van der Waals surface area (Å²) in [5.41, 5.74) is 4.79. The third-order valence-corrected chi connectivity index (χ3v) is 8.11. The number of carbonyl (C=O) groups excluding carboxylic acids is 6. The van der Waals surface area contributed by atoms with Crippen molar-refractivity contribution in [3.63, 3.8) is 0 Å². The molecular formula is C34H53N5O6. The molecule has 250 valence electrons. The molecule has 0 bridgehead atoms. The summed E-state index contributed by atoms with van der Waals surface area (Å²) < 4.78 is 0. The van der Waals surface area contributed by atoms with Gasteiger partial charge in [-0.05, 0) is 37.5 Å². The summed E-state index contributed by atoms with van der Waals surface area (Å²) in [5, 5.41) is 8.03. The zero-order valence-corrected chi connectivity index (χ0v) is 27.8. The number of hydrogen-bond acceptors (Lipinski definition) is 6. The zero-order chi connectivity index (χ0) is 33.7. The largest absolute Gasteiger partial charge is 0.363 e. The SMILES string of the molecule is CC1CC1.CCCCCCC(NC(=O)NC(C(=O)N1CCC[C@H]1C(=O)NC(C)C(=O)C(N)=O)C(C)(C)C)C(=O)c1ccccc1. The quantitative estimate of drug-likeness (QED) is 0.139. The van der Waals surface area contributed by atoms with Crippen LogP contribution in [0, 0.1) is 11.3 Å². The average molecular weight is 628 g/mol. The number of Topliss-reactive ketones (excluding diaryl/α,β-unsaturated/α-hetero) is 2. The van der Waals surface area contributed by atoms with Crippen LogP contribution in [0.25, 0.3) is 0 Å². The molecule has 0 radical (unpaired) electrons. The van der Waals surface area contributed by atoms with Crippen LogP contribution in [0.3, 0.4) is 0 Å².